The van der Waals surface area contributed by atoms with Gasteiger partial charge in [0.2, 0.25) is 0 Å². The molecule has 0 spiro atoms. The van der Waals surface area contributed by atoms with E-state index in [1.165, 1.54) is 43.1 Å². The molecule has 0 aliphatic carbocycles. The van der Waals surface area contributed by atoms with E-state index < -0.39 is 0 Å². The second kappa shape index (κ2) is 14.8. The molecule has 0 fully saturated rings. The van der Waals surface area contributed by atoms with Crippen molar-refractivity contribution in [2.45, 2.75) is 0 Å². The smallest absolute Gasteiger partial charge is 0.145 e. The monoisotopic (exact) mass is 789 g/mol. The molecule has 3 nitrogen and oxygen atoms in total. The molecule has 0 N–H and O–H groups in total. The predicted molar refractivity (Wildman–Crippen MR) is 262 cm³/mol. The standard InChI is InChI=1S/C59H39N3/c1-3-14-43(15-4-1)59-60-57-39-46(28-35-58(57)62(59)49-18-5-2-6-19-49)45-17-11-16-44(36-45)40-26-29-50(30-27-40)61(51-31-33-55-47(37-51)24-22-41-12-7-9-20-53(41)55)52-32-34-56-48(38-52)25-23-42-13-8-10-21-54(42)56/h1-39H. The minimum Gasteiger partial charge on any atom is -0.310 e. The predicted octanol–water partition coefficient (Wildman–Crippen LogP) is 16.1. The van der Waals surface area contributed by atoms with Crippen molar-refractivity contribution in [2.75, 3.05) is 4.90 Å². The van der Waals surface area contributed by atoms with Crippen LogP contribution in [0.3, 0.4) is 0 Å². The maximum atomic E-state index is 5.22. The Labute approximate surface area is 360 Å². The quantitative estimate of drug-likeness (QED) is 0.150. The lowest BCUT2D eigenvalue weighted by atomic mass is 9.98. The summed E-state index contributed by atoms with van der Waals surface area (Å²) in [6.07, 6.45) is 0. The van der Waals surface area contributed by atoms with Crippen molar-refractivity contribution in [2.24, 2.45) is 0 Å². The summed E-state index contributed by atoms with van der Waals surface area (Å²) in [4.78, 5) is 7.61. The Morgan fingerprint density at radius 2 is 0.790 bits per heavy atom. The highest BCUT2D eigenvalue weighted by molar-refractivity contribution is 6.10. The molecule has 12 rings (SSSR count). The van der Waals surface area contributed by atoms with Crippen LogP contribution < -0.4 is 4.90 Å². The Kier molecular flexibility index (Phi) is 8.50. The molecule has 0 atom stereocenters. The topological polar surface area (TPSA) is 21.1 Å². The summed E-state index contributed by atoms with van der Waals surface area (Å²) in [5.74, 6) is 0.932. The number of aromatic nitrogens is 2. The Morgan fingerprint density at radius 3 is 1.44 bits per heavy atom. The van der Waals surface area contributed by atoms with Gasteiger partial charge in [0, 0.05) is 28.3 Å². The second-order valence-electron chi connectivity index (χ2n) is 16.0. The van der Waals surface area contributed by atoms with Crippen molar-refractivity contribution >= 4 is 71.2 Å². The van der Waals surface area contributed by atoms with Gasteiger partial charge in [0.25, 0.3) is 0 Å². The average Bonchev–Trinajstić information content (AvgIpc) is 3.74. The molecule has 62 heavy (non-hydrogen) atoms. The van der Waals surface area contributed by atoms with E-state index in [1.54, 1.807) is 0 Å². The lowest BCUT2D eigenvalue weighted by molar-refractivity contribution is 1.10. The Morgan fingerprint density at radius 1 is 0.306 bits per heavy atom. The van der Waals surface area contributed by atoms with E-state index in [0.29, 0.717) is 0 Å². The number of imidazole rings is 1. The van der Waals surface area contributed by atoms with Gasteiger partial charge < -0.3 is 4.90 Å². The third-order valence-corrected chi connectivity index (χ3v) is 12.3. The zero-order valence-corrected chi connectivity index (χ0v) is 33.9. The molecule has 0 aliphatic heterocycles. The van der Waals surface area contributed by atoms with Crippen LogP contribution >= 0.6 is 0 Å². The molecule has 1 aromatic heterocycles. The van der Waals surface area contributed by atoms with Crippen LogP contribution in [0.25, 0.3) is 93.5 Å². The van der Waals surface area contributed by atoms with E-state index >= 15 is 0 Å². The van der Waals surface area contributed by atoms with E-state index in [1.807, 2.05) is 6.07 Å². The van der Waals surface area contributed by atoms with Crippen molar-refractivity contribution < 1.29 is 0 Å². The number of anilines is 3. The zero-order valence-electron chi connectivity index (χ0n) is 33.9. The van der Waals surface area contributed by atoms with Gasteiger partial charge >= 0.3 is 0 Å². The van der Waals surface area contributed by atoms with Crippen molar-refractivity contribution in [3.63, 3.8) is 0 Å². The summed E-state index contributed by atoms with van der Waals surface area (Å²) in [5.41, 5.74) is 12.1. The fraction of sp³-hybridized carbons (Fsp3) is 0. The number of fused-ring (bicyclic) bond motifs is 7. The molecule has 1 heterocycles. The summed E-state index contributed by atoms with van der Waals surface area (Å²) in [7, 11) is 0. The fourth-order valence-electron chi connectivity index (χ4n) is 9.29. The number of rotatable bonds is 7. The van der Waals surface area contributed by atoms with Crippen LogP contribution in [-0.2, 0) is 0 Å². The van der Waals surface area contributed by atoms with Gasteiger partial charge in [-0.3, -0.25) is 4.57 Å². The lowest BCUT2D eigenvalue weighted by Crippen LogP contribution is -2.10. The van der Waals surface area contributed by atoms with Crippen LogP contribution in [0, 0.1) is 0 Å². The highest BCUT2D eigenvalue weighted by Gasteiger charge is 2.18. The van der Waals surface area contributed by atoms with E-state index in [4.69, 9.17) is 4.98 Å². The first kappa shape index (κ1) is 35.7. The van der Waals surface area contributed by atoms with Crippen molar-refractivity contribution in [1.82, 2.24) is 9.55 Å². The molecule has 0 saturated heterocycles. The lowest BCUT2D eigenvalue weighted by Gasteiger charge is -2.26. The molecular weight excluding hydrogens is 751 g/mol. The van der Waals surface area contributed by atoms with Crippen molar-refractivity contribution in [1.29, 1.82) is 0 Å². The molecule has 0 radical (unpaired) electrons. The molecule has 12 aromatic rings. The van der Waals surface area contributed by atoms with Crippen molar-refractivity contribution in [3.05, 3.63) is 237 Å². The fourth-order valence-corrected chi connectivity index (χ4v) is 9.29. The van der Waals surface area contributed by atoms with Crippen LogP contribution in [0.15, 0.2) is 237 Å². The summed E-state index contributed by atoms with van der Waals surface area (Å²) in [6, 6.07) is 85.4. The Hall–Kier alpha value is -8.27. The van der Waals surface area contributed by atoms with Gasteiger partial charge in [-0.2, -0.15) is 0 Å². The third kappa shape index (κ3) is 6.18. The van der Waals surface area contributed by atoms with E-state index in [0.717, 1.165) is 67.4 Å². The molecule has 0 bridgehead atoms. The molecule has 0 amide bonds. The SMILES string of the molecule is c1ccc(-c2nc3cc(-c4cccc(-c5ccc(N(c6ccc7c(ccc8ccccc87)c6)c6ccc7c(ccc8ccccc87)c6)cc5)c4)ccc3n2-c2ccccc2)cc1. The highest BCUT2D eigenvalue weighted by Crippen LogP contribution is 2.41. The largest absolute Gasteiger partial charge is 0.310 e. The minimum atomic E-state index is 0.932. The molecule has 11 aromatic carbocycles. The van der Waals surface area contributed by atoms with Crippen LogP contribution in [0.2, 0.25) is 0 Å². The number of para-hydroxylation sites is 1. The van der Waals surface area contributed by atoms with Gasteiger partial charge in [0.05, 0.1) is 11.0 Å². The normalized spacial score (nSPS) is 11.5. The second-order valence-corrected chi connectivity index (χ2v) is 16.0. The number of nitrogens with zero attached hydrogens (tertiary/aromatic N) is 3. The first-order valence-electron chi connectivity index (χ1n) is 21.2. The Bertz CT molecular complexity index is 3510. The maximum Gasteiger partial charge on any atom is 0.145 e. The zero-order chi connectivity index (χ0) is 41.0. The van der Waals surface area contributed by atoms with E-state index in [-0.39, 0.29) is 0 Å². The number of hydrogen-bond donors (Lipinski definition) is 0. The molecule has 3 heteroatoms. The first-order chi connectivity index (χ1) is 30.7. The third-order valence-electron chi connectivity index (χ3n) is 12.3. The van der Waals surface area contributed by atoms with Gasteiger partial charge in [-0.25, -0.2) is 4.98 Å². The van der Waals surface area contributed by atoms with Crippen LogP contribution in [0.4, 0.5) is 17.1 Å². The van der Waals surface area contributed by atoms with Crippen LogP contribution in [0.5, 0.6) is 0 Å². The number of hydrogen-bond acceptors (Lipinski definition) is 2. The van der Waals surface area contributed by atoms with Crippen LogP contribution in [0.1, 0.15) is 0 Å². The van der Waals surface area contributed by atoms with Crippen molar-refractivity contribution in [3.8, 4) is 39.3 Å². The summed E-state index contributed by atoms with van der Waals surface area (Å²) in [5, 5.41) is 9.99. The summed E-state index contributed by atoms with van der Waals surface area (Å²) < 4.78 is 2.26. The number of benzene rings is 11. The van der Waals surface area contributed by atoms with Crippen LogP contribution in [-0.4, -0.2) is 9.55 Å². The van der Waals surface area contributed by atoms with Gasteiger partial charge in [0.15, 0.2) is 0 Å². The molecule has 0 unspecified atom stereocenters. The van der Waals surface area contributed by atoms with Gasteiger partial charge in [0.1, 0.15) is 5.82 Å². The molecular formula is C59H39N3. The summed E-state index contributed by atoms with van der Waals surface area (Å²) >= 11 is 0. The highest BCUT2D eigenvalue weighted by atomic mass is 15.1. The Balaban J connectivity index is 0.927. The van der Waals surface area contributed by atoms with E-state index in [2.05, 4.69) is 240 Å². The minimum absolute atomic E-state index is 0.932. The average molecular weight is 790 g/mol. The van der Waals surface area contributed by atoms with Gasteiger partial charge in [-0.15, -0.1) is 0 Å². The first-order valence-corrected chi connectivity index (χ1v) is 21.2. The molecule has 0 aliphatic rings. The molecule has 290 valence electrons. The summed E-state index contributed by atoms with van der Waals surface area (Å²) in [6.45, 7) is 0. The van der Waals surface area contributed by atoms with Gasteiger partial charge in [-0.1, -0.05) is 170 Å². The molecule has 0 saturated carbocycles. The van der Waals surface area contributed by atoms with E-state index in [9.17, 15) is 0 Å². The van der Waals surface area contributed by atoms with Gasteiger partial charge in [-0.05, 0) is 132 Å². The maximum absolute atomic E-state index is 5.22.